The Labute approximate surface area is 209 Å². The third kappa shape index (κ3) is 4.19. The Hall–Kier alpha value is -3.86. The number of hydrogen-bond acceptors (Lipinski definition) is 4. The van der Waals surface area contributed by atoms with E-state index >= 15 is 0 Å². The molecule has 3 aromatic carbocycles. The molecule has 0 radical (unpaired) electrons. The summed E-state index contributed by atoms with van der Waals surface area (Å²) in [5, 5.41) is 0.684. The number of halogens is 1. The summed E-state index contributed by atoms with van der Waals surface area (Å²) in [6, 6.07) is 17.2. The Morgan fingerprint density at radius 3 is 2.25 bits per heavy atom. The topological polar surface area (TPSA) is 64.3 Å². The monoisotopic (exact) mass is 482 g/mol. The normalized spacial score (nSPS) is 14.1. The van der Waals surface area contributed by atoms with E-state index in [1.807, 2.05) is 43.3 Å². The summed E-state index contributed by atoms with van der Waals surface area (Å²) in [6.45, 7) is 5.34. The van der Waals surface area contributed by atoms with Crippen LogP contribution in [0.1, 0.15) is 65.8 Å². The molecule has 0 aliphatic heterocycles. The Balaban J connectivity index is 1.59. The number of rotatable bonds is 8. The molecule has 36 heavy (non-hydrogen) atoms. The zero-order valence-corrected chi connectivity index (χ0v) is 20.6. The molecule has 4 nitrogen and oxygen atoms in total. The van der Waals surface area contributed by atoms with Gasteiger partial charge in [0.15, 0.2) is 11.6 Å². The molecule has 182 valence electrons. The van der Waals surface area contributed by atoms with Crippen LogP contribution in [-0.2, 0) is 4.79 Å². The van der Waals surface area contributed by atoms with E-state index in [-0.39, 0.29) is 29.6 Å². The lowest BCUT2D eigenvalue weighted by Crippen LogP contribution is -2.17. The highest BCUT2D eigenvalue weighted by Gasteiger charge is 2.48. The predicted molar refractivity (Wildman–Crippen MR) is 138 cm³/mol. The van der Waals surface area contributed by atoms with E-state index in [0.717, 1.165) is 29.5 Å². The third-order valence-electron chi connectivity index (χ3n) is 7.36. The fraction of sp³-hybridized carbons (Fsp3) is 0.258. The molecule has 1 saturated carbocycles. The van der Waals surface area contributed by atoms with Crippen LogP contribution in [0.2, 0.25) is 0 Å². The van der Waals surface area contributed by atoms with Crippen molar-refractivity contribution in [2.24, 2.45) is 5.41 Å². The average molecular weight is 483 g/mol. The van der Waals surface area contributed by atoms with Crippen LogP contribution < -0.4 is 0 Å². The van der Waals surface area contributed by atoms with E-state index in [0.29, 0.717) is 39.8 Å². The second kappa shape index (κ2) is 8.98. The highest BCUT2D eigenvalue weighted by Crippen LogP contribution is 2.50. The van der Waals surface area contributed by atoms with Crippen molar-refractivity contribution in [3.8, 4) is 22.5 Å². The predicted octanol–water partition coefficient (Wildman–Crippen LogP) is 7.75. The van der Waals surface area contributed by atoms with E-state index in [1.165, 1.54) is 12.1 Å². The van der Waals surface area contributed by atoms with Gasteiger partial charge in [0.2, 0.25) is 0 Å². The fourth-order valence-electron chi connectivity index (χ4n) is 4.84. The van der Waals surface area contributed by atoms with Crippen molar-refractivity contribution in [2.75, 3.05) is 0 Å². The molecule has 1 aliphatic carbocycles. The van der Waals surface area contributed by atoms with Crippen LogP contribution in [0.3, 0.4) is 0 Å². The van der Waals surface area contributed by atoms with Gasteiger partial charge >= 0.3 is 0 Å². The summed E-state index contributed by atoms with van der Waals surface area (Å²) in [4.78, 5) is 38.0. The standard InChI is InChI=1S/C31H27FO4/c1-4-26(34)29-25-15-21(9-12-28(25)36-30(29)20-7-10-23(32)11-8-20)24-16-22(6-5-18(24)2)27(35)17-31(13-14-31)19(3)33/h5-12,15-16H,4,13-14,17H2,1-3H3. The lowest BCUT2D eigenvalue weighted by Gasteiger charge is -2.12. The molecule has 0 N–H and O–H groups in total. The molecule has 4 aromatic rings. The first kappa shape index (κ1) is 23.9. The summed E-state index contributed by atoms with van der Waals surface area (Å²) in [5.74, 6) is 0.0484. The smallest absolute Gasteiger partial charge is 0.167 e. The molecule has 5 heteroatoms. The third-order valence-corrected chi connectivity index (χ3v) is 7.36. The lowest BCUT2D eigenvalue weighted by atomic mass is 9.90. The molecule has 0 spiro atoms. The fourth-order valence-corrected chi connectivity index (χ4v) is 4.84. The van der Waals surface area contributed by atoms with Gasteiger partial charge in [-0.15, -0.1) is 0 Å². The van der Waals surface area contributed by atoms with E-state index in [1.54, 1.807) is 26.0 Å². The summed E-state index contributed by atoms with van der Waals surface area (Å²) in [6.07, 6.45) is 2.08. The van der Waals surface area contributed by atoms with Crippen molar-refractivity contribution in [2.45, 2.75) is 46.5 Å². The molecule has 0 saturated heterocycles. The molecule has 0 unspecified atom stereocenters. The number of ketones is 3. The van der Waals surface area contributed by atoms with Gasteiger partial charge in [-0.05, 0) is 85.8 Å². The molecule has 1 aromatic heterocycles. The molecule has 5 rings (SSSR count). The SMILES string of the molecule is CCC(=O)c1c(-c2ccc(F)cc2)oc2ccc(-c3cc(C(=O)CC4(C(C)=O)CC4)ccc3C)cc12. The van der Waals surface area contributed by atoms with Crippen molar-refractivity contribution in [3.05, 3.63) is 83.2 Å². The average Bonchev–Trinajstić information content (AvgIpc) is 3.56. The Kier molecular flexibility index (Phi) is 5.95. The van der Waals surface area contributed by atoms with Crippen LogP contribution in [0.15, 0.2) is 65.1 Å². The van der Waals surface area contributed by atoms with Gasteiger partial charge in [-0.25, -0.2) is 4.39 Å². The largest absolute Gasteiger partial charge is 0.455 e. The minimum Gasteiger partial charge on any atom is -0.455 e. The van der Waals surface area contributed by atoms with Crippen LogP contribution in [0, 0.1) is 18.2 Å². The Bertz CT molecular complexity index is 1520. The first-order valence-electron chi connectivity index (χ1n) is 12.2. The van der Waals surface area contributed by atoms with Gasteiger partial charge in [0, 0.05) is 34.8 Å². The highest BCUT2D eigenvalue weighted by molar-refractivity contribution is 6.13. The van der Waals surface area contributed by atoms with Gasteiger partial charge in [-0.1, -0.05) is 25.1 Å². The molecule has 0 bridgehead atoms. The van der Waals surface area contributed by atoms with Gasteiger partial charge in [-0.2, -0.15) is 0 Å². The van der Waals surface area contributed by atoms with E-state index < -0.39 is 5.41 Å². The Morgan fingerprint density at radius 2 is 1.61 bits per heavy atom. The summed E-state index contributed by atoms with van der Waals surface area (Å²) < 4.78 is 19.6. The maximum atomic E-state index is 13.5. The van der Waals surface area contributed by atoms with Gasteiger partial charge in [0.25, 0.3) is 0 Å². The number of carbonyl (C=O) groups is 3. The molecule has 1 heterocycles. The van der Waals surface area contributed by atoms with Gasteiger partial charge in [0.1, 0.15) is 22.9 Å². The molecule has 1 aliphatic rings. The molecule has 0 atom stereocenters. The number of Topliss-reactive ketones (excluding diaryl/α,β-unsaturated/α-hetero) is 3. The van der Waals surface area contributed by atoms with E-state index in [9.17, 15) is 18.8 Å². The van der Waals surface area contributed by atoms with Crippen LogP contribution >= 0.6 is 0 Å². The highest BCUT2D eigenvalue weighted by atomic mass is 19.1. The molecule has 1 fully saturated rings. The maximum Gasteiger partial charge on any atom is 0.167 e. The van der Waals surface area contributed by atoms with Gasteiger partial charge in [-0.3, -0.25) is 14.4 Å². The number of furan rings is 1. The number of benzene rings is 3. The zero-order chi connectivity index (χ0) is 25.6. The van der Waals surface area contributed by atoms with Crippen molar-refractivity contribution in [3.63, 3.8) is 0 Å². The van der Waals surface area contributed by atoms with Gasteiger partial charge < -0.3 is 4.42 Å². The summed E-state index contributed by atoms with van der Waals surface area (Å²) in [5.41, 5.74) is 4.50. The quantitative estimate of drug-likeness (QED) is 0.241. The minimum absolute atomic E-state index is 0.0335. The van der Waals surface area contributed by atoms with Crippen LogP contribution in [0.5, 0.6) is 0 Å². The second-order valence-electron chi connectivity index (χ2n) is 9.77. The maximum absolute atomic E-state index is 13.5. The van der Waals surface area contributed by atoms with Crippen LogP contribution in [0.25, 0.3) is 33.4 Å². The van der Waals surface area contributed by atoms with E-state index in [4.69, 9.17) is 4.42 Å². The van der Waals surface area contributed by atoms with Crippen molar-refractivity contribution >= 4 is 28.3 Å². The second-order valence-corrected chi connectivity index (χ2v) is 9.77. The van der Waals surface area contributed by atoms with Crippen molar-refractivity contribution in [1.29, 1.82) is 0 Å². The summed E-state index contributed by atoms with van der Waals surface area (Å²) in [7, 11) is 0. The zero-order valence-electron chi connectivity index (χ0n) is 20.6. The lowest BCUT2D eigenvalue weighted by molar-refractivity contribution is -0.121. The summed E-state index contributed by atoms with van der Waals surface area (Å²) >= 11 is 0. The van der Waals surface area contributed by atoms with Crippen molar-refractivity contribution < 1.29 is 23.2 Å². The first-order chi connectivity index (χ1) is 17.2. The van der Waals surface area contributed by atoms with Crippen LogP contribution in [0.4, 0.5) is 4.39 Å². The van der Waals surface area contributed by atoms with E-state index in [2.05, 4.69) is 0 Å². The Morgan fingerprint density at radius 1 is 0.917 bits per heavy atom. The van der Waals surface area contributed by atoms with Crippen molar-refractivity contribution in [1.82, 2.24) is 0 Å². The molecular weight excluding hydrogens is 455 g/mol. The number of hydrogen-bond donors (Lipinski definition) is 0. The number of fused-ring (bicyclic) bond motifs is 1. The number of carbonyl (C=O) groups excluding carboxylic acids is 3. The molecule has 0 amide bonds. The van der Waals surface area contributed by atoms with Gasteiger partial charge in [0.05, 0.1) is 5.56 Å². The van der Waals surface area contributed by atoms with Crippen LogP contribution in [-0.4, -0.2) is 17.3 Å². The first-order valence-corrected chi connectivity index (χ1v) is 12.2. The number of aryl methyl sites for hydroxylation is 1. The minimum atomic E-state index is -0.482. The molecular formula is C31H27FO4.